The fourth-order valence-electron chi connectivity index (χ4n) is 4.70. The molecule has 1 atom stereocenters. The molecule has 0 aliphatic heterocycles. The molecule has 0 aromatic heterocycles. The summed E-state index contributed by atoms with van der Waals surface area (Å²) in [5, 5.41) is 2.86. The molecule has 0 heterocycles. The van der Waals surface area contributed by atoms with Gasteiger partial charge in [0.2, 0.25) is 21.8 Å². The molecule has 0 spiro atoms. The van der Waals surface area contributed by atoms with Gasteiger partial charge in [0.1, 0.15) is 24.9 Å². The van der Waals surface area contributed by atoms with Crippen molar-refractivity contribution in [3.8, 4) is 5.75 Å². The predicted octanol–water partition coefficient (Wildman–Crippen LogP) is 5.57. The van der Waals surface area contributed by atoms with Gasteiger partial charge in [0, 0.05) is 24.0 Å². The first-order valence-corrected chi connectivity index (χ1v) is 16.9. The first-order valence-electron chi connectivity index (χ1n) is 14.2. The van der Waals surface area contributed by atoms with Gasteiger partial charge < -0.3 is 15.0 Å². The monoisotopic (exact) mass is 677 g/mol. The van der Waals surface area contributed by atoms with Crippen molar-refractivity contribution in [2.24, 2.45) is 0 Å². The van der Waals surface area contributed by atoms with E-state index < -0.39 is 28.5 Å². The molecular formula is C34H36BrN3O5S. The Kier molecular flexibility index (Phi) is 11.6. The van der Waals surface area contributed by atoms with Gasteiger partial charge in [-0.25, -0.2) is 8.42 Å². The van der Waals surface area contributed by atoms with Gasteiger partial charge in [0.05, 0.1) is 11.9 Å². The third-order valence-electron chi connectivity index (χ3n) is 6.94. The standard InChI is InChI=1S/C34H36BrN3O5S/c1-3-36-34(40)32(22-26-10-6-4-7-11-26)37(23-27-14-16-29(35)17-15-27)33(39)24-38(44(2,41)42)30-18-20-31(21-19-30)43-25-28-12-8-5-9-13-28/h4-21,32H,3,22-25H2,1-2H3,(H,36,40)/t32-/m0/s1. The molecule has 4 aromatic rings. The van der Waals surface area contributed by atoms with Crippen LogP contribution >= 0.6 is 15.9 Å². The van der Waals surface area contributed by atoms with Crippen LogP contribution in [0.2, 0.25) is 0 Å². The Morgan fingerprint density at radius 1 is 0.818 bits per heavy atom. The average molecular weight is 679 g/mol. The fraction of sp³-hybridized carbons (Fsp3) is 0.235. The molecule has 0 aliphatic carbocycles. The van der Waals surface area contributed by atoms with Crippen LogP contribution in [0.5, 0.6) is 5.75 Å². The summed E-state index contributed by atoms with van der Waals surface area (Å²) in [5.74, 6) is -0.254. The highest BCUT2D eigenvalue weighted by molar-refractivity contribution is 9.10. The zero-order chi connectivity index (χ0) is 31.5. The topological polar surface area (TPSA) is 96.0 Å². The smallest absolute Gasteiger partial charge is 0.244 e. The lowest BCUT2D eigenvalue weighted by molar-refractivity contribution is -0.140. The average Bonchev–Trinajstić information content (AvgIpc) is 3.02. The SMILES string of the molecule is CCNC(=O)[C@H](Cc1ccccc1)N(Cc1ccc(Br)cc1)C(=O)CN(c1ccc(OCc2ccccc2)cc1)S(C)(=O)=O. The summed E-state index contributed by atoms with van der Waals surface area (Å²) < 4.78 is 33.8. The normalized spacial score (nSPS) is 11.8. The Morgan fingerprint density at radius 3 is 1.98 bits per heavy atom. The van der Waals surface area contributed by atoms with E-state index in [9.17, 15) is 18.0 Å². The van der Waals surface area contributed by atoms with E-state index in [0.29, 0.717) is 24.6 Å². The van der Waals surface area contributed by atoms with Crippen LogP contribution < -0.4 is 14.4 Å². The molecule has 230 valence electrons. The second-order valence-corrected chi connectivity index (χ2v) is 13.1. The Bertz CT molecular complexity index is 1620. The molecule has 0 fully saturated rings. The first kappa shape index (κ1) is 32.8. The molecule has 0 radical (unpaired) electrons. The number of carbonyl (C=O) groups is 2. The molecule has 0 saturated heterocycles. The van der Waals surface area contributed by atoms with Gasteiger partial charge in [-0.1, -0.05) is 88.7 Å². The van der Waals surface area contributed by atoms with E-state index in [-0.39, 0.29) is 18.9 Å². The number of likely N-dealkylation sites (N-methyl/N-ethyl adjacent to an activating group) is 1. The van der Waals surface area contributed by atoms with Gasteiger partial charge in [-0.2, -0.15) is 0 Å². The summed E-state index contributed by atoms with van der Waals surface area (Å²) in [4.78, 5) is 29.0. The second kappa shape index (κ2) is 15.5. The maximum absolute atomic E-state index is 14.1. The van der Waals surface area contributed by atoms with Gasteiger partial charge in [-0.3, -0.25) is 13.9 Å². The van der Waals surface area contributed by atoms with E-state index >= 15 is 0 Å². The van der Waals surface area contributed by atoms with Gasteiger partial charge in [-0.15, -0.1) is 0 Å². The number of ether oxygens (including phenoxy) is 1. The van der Waals surface area contributed by atoms with Crippen molar-refractivity contribution in [3.63, 3.8) is 0 Å². The van der Waals surface area contributed by atoms with E-state index in [1.807, 2.05) is 91.9 Å². The number of anilines is 1. The van der Waals surface area contributed by atoms with Gasteiger partial charge >= 0.3 is 0 Å². The number of carbonyl (C=O) groups excluding carboxylic acids is 2. The molecule has 4 rings (SSSR count). The molecule has 1 N–H and O–H groups in total. The maximum atomic E-state index is 14.1. The molecule has 2 amide bonds. The number of hydrogen-bond acceptors (Lipinski definition) is 5. The van der Waals surface area contributed by atoms with Crippen LogP contribution in [0.15, 0.2) is 114 Å². The first-order chi connectivity index (χ1) is 21.1. The molecule has 4 aromatic carbocycles. The number of benzene rings is 4. The molecular weight excluding hydrogens is 642 g/mol. The predicted molar refractivity (Wildman–Crippen MR) is 177 cm³/mol. The molecule has 10 heteroatoms. The summed E-state index contributed by atoms with van der Waals surface area (Å²) in [6, 6.07) is 32.3. The van der Waals surface area contributed by atoms with Crippen molar-refractivity contribution in [1.82, 2.24) is 10.2 Å². The molecule has 0 unspecified atom stereocenters. The molecule has 0 aliphatic rings. The highest BCUT2D eigenvalue weighted by Gasteiger charge is 2.32. The van der Waals surface area contributed by atoms with Crippen LogP contribution in [0.1, 0.15) is 23.6 Å². The number of nitrogens with zero attached hydrogens (tertiary/aromatic N) is 2. The van der Waals surface area contributed by atoms with Gasteiger partial charge in [0.25, 0.3) is 0 Å². The number of hydrogen-bond donors (Lipinski definition) is 1. The van der Waals surface area contributed by atoms with Crippen molar-refractivity contribution >= 4 is 43.5 Å². The van der Waals surface area contributed by atoms with E-state index in [2.05, 4.69) is 21.2 Å². The Morgan fingerprint density at radius 2 is 1.41 bits per heavy atom. The van der Waals surface area contributed by atoms with Crippen molar-refractivity contribution in [2.45, 2.75) is 32.5 Å². The number of amides is 2. The van der Waals surface area contributed by atoms with Crippen molar-refractivity contribution in [2.75, 3.05) is 23.7 Å². The minimum absolute atomic E-state index is 0.116. The lowest BCUT2D eigenvalue weighted by Gasteiger charge is -2.33. The van der Waals surface area contributed by atoms with Gasteiger partial charge in [-0.05, 0) is 60.0 Å². The Hall–Kier alpha value is -4.15. The lowest BCUT2D eigenvalue weighted by atomic mass is 10.0. The summed E-state index contributed by atoms with van der Waals surface area (Å²) in [6.07, 6.45) is 1.33. The van der Waals surface area contributed by atoms with Crippen molar-refractivity contribution in [1.29, 1.82) is 0 Å². The minimum Gasteiger partial charge on any atom is -0.489 e. The van der Waals surface area contributed by atoms with Crippen LogP contribution in [0.25, 0.3) is 0 Å². The Labute approximate surface area is 267 Å². The quantitative estimate of drug-likeness (QED) is 0.188. The maximum Gasteiger partial charge on any atom is 0.244 e. The summed E-state index contributed by atoms with van der Waals surface area (Å²) >= 11 is 3.44. The molecule has 0 saturated carbocycles. The number of sulfonamides is 1. The van der Waals surface area contributed by atoms with Crippen LogP contribution in [0.3, 0.4) is 0 Å². The number of rotatable bonds is 14. The zero-order valence-corrected chi connectivity index (χ0v) is 27.1. The van der Waals surface area contributed by atoms with E-state index in [4.69, 9.17) is 4.74 Å². The van der Waals surface area contributed by atoms with Crippen LogP contribution in [0, 0.1) is 0 Å². The lowest BCUT2D eigenvalue weighted by Crippen LogP contribution is -2.53. The van der Waals surface area contributed by atoms with Crippen molar-refractivity contribution < 1.29 is 22.7 Å². The zero-order valence-electron chi connectivity index (χ0n) is 24.7. The largest absolute Gasteiger partial charge is 0.489 e. The van der Waals surface area contributed by atoms with Gasteiger partial charge in [0.15, 0.2) is 0 Å². The summed E-state index contributed by atoms with van der Waals surface area (Å²) in [5.41, 5.74) is 3.00. The summed E-state index contributed by atoms with van der Waals surface area (Å²) in [6.45, 7) is 2.20. The van der Waals surface area contributed by atoms with E-state index in [1.54, 1.807) is 24.3 Å². The van der Waals surface area contributed by atoms with E-state index in [1.165, 1.54) is 4.90 Å². The summed E-state index contributed by atoms with van der Waals surface area (Å²) in [7, 11) is -3.87. The van der Waals surface area contributed by atoms with Crippen LogP contribution in [-0.4, -0.2) is 50.5 Å². The number of halogens is 1. The Balaban J connectivity index is 1.62. The minimum atomic E-state index is -3.87. The molecule has 0 bridgehead atoms. The highest BCUT2D eigenvalue weighted by Crippen LogP contribution is 2.24. The third-order valence-corrected chi connectivity index (χ3v) is 8.61. The van der Waals surface area contributed by atoms with Crippen LogP contribution in [0.4, 0.5) is 5.69 Å². The number of nitrogens with one attached hydrogen (secondary N) is 1. The molecule has 8 nitrogen and oxygen atoms in total. The van der Waals surface area contributed by atoms with Crippen molar-refractivity contribution in [3.05, 3.63) is 130 Å². The van der Waals surface area contributed by atoms with Crippen LogP contribution in [-0.2, 0) is 39.2 Å². The highest BCUT2D eigenvalue weighted by atomic mass is 79.9. The molecule has 44 heavy (non-hydrogen) atoms. The van der Waals surface area contributed by atoms with E-state index in [0.717, 1.165) is 31.7 Å². The third kappa shape index (κ3) is 9.42. The fourth-order valence-corrected chi connectivity index (χ4v) is 5.81. The second-order valence-electron chi connectivity index (χ2n) is 10.3.